The zero-order valence-electron chi connectivity index (χ0n) is 9.55. The number of hydrogen-bond donors (Lipinski definition) is 0. The molecule has 0 radical (unpaired) electrons. The normalized spacial score (nSPS) is 17.6. The molecule has 1 saturated heterocycles. The smallest absolute Gasteiger partial charge is 0.371 e. The maximum Gasteiger partial charge on any atom is 0.398 e. The summed E-state index contributed by atoms with van der Waals surface area (Å²) in [6.07, 6.45) is 0.0119. The first kappa shape index (κ1) is 11.5. The predicted molar refractivity (Wildman–Crippen MR) is 62.8 cm³/mol. The van der Waals surface area contributed by atoms with E-state index in [0.29, 0.717) is 18.7 Å². The van der Waals surface area contributed by atoms with Crippen LogP contribution in [0.3, 0.4) is 0 Å². The zero-order valence-corrected chi connectivity index (χ0v) is 9.55. The number of nitro groups is 2. The van der Waals surface area contributed by atoms with Gasteiger partial charge in [-0.15, -0.1) is 0 Å². The molecule has 0 spiro atoms. The van der Waals surface area contributed by atoms with Crippen molar-refractivity contribution in [3.63, 3.8) is 0 Å². The maximum atomic E-state index is 10.9. The highest BCUT2D eigenvalue weighted by molar-refractivity contribution is 5.89. The number of hydrogen-bond acceptors (Lipinski definition) is 6. The Labute approximate surface area is 105 Å². The lowest BCUT2D eigenvalue weighted by Crippen LogP contribution is -2.05. The minimum atomic E-state index is -0.643. The zero-order chi connectivity index (χ0) is 13.6. The summed E-state index contributed by atoms with van der Waals surface area (Å²) in [4.78, 5) is 20.4. The summed E-state index contributed by atoms with van der Waals surface area (Å²) in [7, 11) is 0. The van der Waals surface area contributed by atoms with Gasteiger partial charge in [-0.05, 0) is 11.0 Å². The number of rotatable bonds is 4. The third-order valence-electron chi connectivity index (χ3n) is 2.88. The van der Waals surface area contributed by atoms with E-state index in [9.17, 15) is 20.2 Å². The highest BCUT2D eigenvalue weighted by Crippen LogP contribution is 2.29. The van der Waals surface area contributed by atoms with E-state index in [4.69, 9.17) is 4.74 Å². The first-order chi connectivity index (χ1) is 9.06. The fourth-order valence-electron chi connectivity index (χ4n) is 1.90. The number of epoxide rings is 1. The number of nitrogens with zero attached hydrogens (tertiary/aromatic N) is 4. The number of ether oxygens (including phenoxy) is 1. The van der Waals surface area contributed by atoms with Crippen molar-refractivity contribution in [2.45, 2.75) is 12.6 Å². The fraction of sp³-hybridized carbons (Fsp3) is 0.300. The van der Waals surface area contributed by atoms with Gasteiger partial charge >= 0.3 is 5.82 Å². The van der Waals surface area contributed by atoms with Crippen molar-refractivity contribution >= 4 is 22.4 Å². The van der Waals surface area contributed by atoms with Gasteiger partial charge in [-0.1, -0.05) is 0 Å². The minimum Gasteiger partial charge on any atom is -0.371 e. The van der Waals surface area contributed by atoms with Gasteiger partial charge < -0.3 is 14.9 Å². The lowest BCUT2D eigenvalue weighted by atomic mass is 10.2. The second kappa shape index (κ2) is 3.99. The molecule has 1 aliphatic heterocycles. The average molecular weight is 264 g/mol. The number of nitro benzene ring substituents is 1. The van der Waals surface area contributed by atoms with Gasteiger partial charge in [0.05, 0.1) is 28.7 Å². The van der Waals surface area contributed by atoms with Crippen molar-refractivity contribution < 1.29 is 14.6 Å². The molecule has 1 fully saturated rings. The molecule has 9 nitrogen and oxygen atoms in total. The molecular formula is C10H8N4O5. The molecule has 2 heterocycles. The number of non-ortho nitro benzene ring substituents is 1. The van der Waals surface area contributed by atoms with Crippen LogP contribution in [0.1, 0.15) is 0 Å². The summed E-state index contributed by atoms with van der Waals surface area (Å²) in [5, 5.41) is 25.7. The molecule has 0 aliphatic carbocycles. The molecule has 1 aromatic carbocycles. The molecular weight excluding hydrogens is 256 g/mol. The molecule has 1 aromatic heterocycles. The molecule has 0 N–H and O–H groups in total. The molecule has 2 aromatic rings. The van der Waals surface area contributed by atoms with Crippen LogP contribution in [0.5, 0.6) is 0 Å². The molecule has 0 bridgehead atoms. The van der Waals surface area contributed by atoms with Crippen LogP contribution < -0.4 is 0 Å². The Balaban J connectivity index is 2.17. The molecule has 1 aliphatic rings. The lowest BCUT2D eigenvalue weighted by molar-refractivity contribution is -0.388. The molecule has 3 rings (SSSR count). The van der Waals surface area contributed by atoms with Crippen LogP contribution >= 0.6 is 0 Å². The largest absolute Gasteiger partial charge is 0.398 e. The van der Waals surface area contributed by atoms with Crippen molar-refractivity contribution in [1.29, 1.82) is 0 Å². The molecule has 0 saturated carbocycles. The summed E-state index contributed by atoms with van der Waals surface area (Å²) in [6.45, 7) is 1.00. The SMILES string of the molecule is O=[N+]([O-])c1ccc2c(c1)c([N+](=O)[O-])nn2CC1CO1. The minimum absolute atomic E-state index is 0.0119. The first-order valence-corrected chi connectivity index (χ1v) is 5.47. The molecule has 19 heavy (non-hydrogen) atoms. The summed E-state index contributed by atoms with van der Waals surface area (Å²) in [5.74, 6) is -0.376. The van der Waals surface area contributed by atoms with Gasteiger partial charge in [0.2, 0.25) is 0 Å². The summed E-state index contributed by atoms with van der Waals surface area (Å²) in [6, 6.07) is 3.94. The van der Waals surface area contributed by atoms with Crippen molar-refractivity contribution in [1.82, 2.24) is 9.78 Å². The van der Waals surface area contributed by atoms with Gasteiger partial charge in [0.15, 0.2) is 0 Å². The van der Waals surface area contributed by atoms with Crippen LogP contribution in [0.25, 0.3) is 10.9 Å². The van der Waals surface area contributed by atoms with Crippen molar-refractivity contribution in [2.75, 3.05) is 6.61 Å². The number of fused-ring (bicyclic) bond motifs is 1. The predicted octanol–water partition coefficient (Wildman–Crippen LogP) is 1.25. The first-order valence-electron chi connectivity index (χ1n) is 5.47. The second-order valence-electron chi connectivity index (χ2n) is 4.18. The Morgan fingerprint density at radius 1 is 1.37 bits per heavy atom. The summed E-state index contributed by atoms with van der Waals surface area (Å²) >= 11 is 0. The molecule has 1 unspecified atom stereocenters. The van der Waals surface area contributed by atoms with Gasteiger partial charge in [-0.25, -0.2) is 0 Å². The van der Waals surface area contributed by atoms with E-state index in [1.165, 1.54) is 22.9 Å². The van der Waals surface area contributed by atoms with Gasteiger partial charge in [-0.2, -0.15) is 4.68 Å². The topological polar surface area (TPSA) is 117 Å². The third kappa shape index (κ3) is 1.99. The Hall–Kier alpha value is -2.55. The Kier molecular flexibility index (Phi) is 2.42. The monoisotopic (exact) mass is 264 g/mol. The van der Waals surface area contributed by atoms with Crippen LogP contribution in [0.4, 0.5) is 11.5 Å². The molecule has 98 valence electrons. The van der Waals surface area contributed by atoms with Gasteiger partial charge in [0.25, 0.3) is 5.69 Å². The van der Waals surface area contributed by atoms with E-state index < -0.39 is 9.85 Å². The van der Waals surface area contributed by atoms with Crippen molar-refractivity contribution in [3.8, 4) is 0 Å². The molecule has 0 amide bonds. The molecule has 1 atom stereocenters. The van der Waals surface area contributed by atoms with Crippen LogP contribution in [-0.4, -0.2) is 32.3 Å². The van der Waals surface area contributed by atoms with E-state index in [-0.39, 0.29) is 23.0 Å². The van der Waals surface area contributed by atoms with Crippen LogP contribution in [0.15, 0.2) is 18.2 Å². The van der Waals surface area contributed by atoms with Crippen LogP contribution in [0, 0.1) is 20.2 Å². The van der Waals surface area contributed by atoms with E-state index in [0.717, 1.165) is 0 Å². The van der Waals surface area contributed by atoms with Crippen LogP contribution in [0.2, 0.25) is 0 Å². The highest BCUT2D eigenvalue weighted by Gasteiger charge is 2.29. The highest BCUT2D eigenvalue weighted by atomic mass is 16.6. The fourth-order valence-corrected chi connectivity index (χ4v) is 1.90. The quantitative estimate of drug-likeness (QED) is 0.466. The van der Waals surface area contributed by atoms with Crippen molar-refractivity contribution in [2.24, 2.45) is 0 Å². The Morgan fingerprint density at radius 2 is 2.11 bits per heavy atom. The van der Waals surface area contributed by atoms with Crippen LogP contribution in [-0.2, 0) is 11.3 Å². The third-order valence-corrected chi connectivity index (χ3v) is 2.88. The summed E-state index contributed by atoms with van der Waals surface area (Å²) in [5.41, 5.74) is 0.297. The average Bonchev–Trinajstić information content (AvgIpc) is 3.10. The second-order valence-corrected chi connectivity index (χ2v) is 4.18. The Bertz CT molecular complexity index is 691. The molecule has 9 heteroatoms. The van der Waals surface area contributed by atoms with Gasteiger partial charge in [0, 0.05) is 12.1 Å². The lowest BCUT2D eigenvalue weighted by Gasteiger charge is -1.95. The van der Waals surface area contributed by atoms with Gasteiger partial charge in [0.1, 0.15) is 11.5 Å². The summed E-state index contributed by atoms with van der Waals surface area (Å²) < 4.78 is 6.51. The Morgan fingerprint density at radius 3 is 2.68 bits per heavy atom. The van der Waals surface area contributed by atoms with E-state index >= 15 is 0 Å². The maximum absolute atomic E-state index is 10.9. The number of aromatic nitrogens is 2. The van der Waals surface area contributed by atoms with E-state index in [2.05, 4.69) is 5.10 Å². The number of benzene rings is 1. The van der Waals surface area contributed by atoms with E-state index in [1.807, 2.05) is 0 Å². The standard InChI is InChI=1S/C10H8N4O5/c15-13(16)6-1-2-9-8(3-6)10(14(17)18)11-12(9)4-7-5-19-7/h1-3,7H,4-5H2. The van der Waals surface area contributed by atoms with Crippen molar-refractivity contribution in [3.05, 3.63) is 38.4 Å². The van der Waals surface area contributed by atoms with E-state index in [1.54, 1.807) is 0 Å². The van der Waals surface area contributed by atoms with Gasteiger partial charge in [-0.3, -0.25) is 10.1 Å².